The minimum Gasteiger partial charge on any atom is -0.347 e. The second-order valence-corrected chi connectivity index (χ2v) is 7.66. The summed E-state index contributed by atoms with van der Waals surface area (Å²) in [7, 11) is 3.39. The average molecular weight is 370 g/mol. The lowest BCUT2D eigenvalue weighted by Crippen LogP contribution is -2.46. The number of nitrogens with zero attached hydrogens (tertiary/aromatic N) is 4. The number of benzene rings is 1. The molecule has 0 bridgehead atoms. The number of amides is 2. The molecule has 2 amide bonds. The maximum atomic E-state index is 13.3. The lowest BCUT2D eigenvalue weighted by molar-refractivity contribution is -0.132. The predicted molar refractivity (Wildman–Crippen MR) is 104 cm³/mol. The molecular weight excluding hydrogens is 344 g/mol. The largest absolute Gasteiger partial charge is 0.347 e. The van der Waals surface area contributed by atoms with Crippen LogP contribution in [0.1, 0.15) is 37.2 Å². The highest BCUT2D eigenvalue weighted by atomic mass is 16.2. The molecule has 1 atom stereocenters. The summed E-state index contributed by atoms with van der Waals surface area (Å²) in [4.78, 5) is 41.7. The number of hydrogen-bond donors (Lipinski definition) is 0. The van der Waals surface area contributed by atoms with Gasteiger partial charge in [0.1, 0.15) is 6.04 Å². The third-order valence-corrected chi connectivity index (χ3v) is 4.85. The number of hydrogen-bond acceptors (Lipinski definition) is 4. The lowest BCUT2D eigenvalue weighted by atomic mass is 10.1. The number of carbonyl (C=O) groups is 2. The highest BCUT2D eigenvalue weighted by Gasteiger charge is 2.36. The minimum absolute atomic E-state index is 0.0827. The van der Waals surface area contributed by atoms with Gasteiger partial charge in [-0.3, -0.25) is 14.4 Å². The standard InChI is InChI=1S/C20H26N4O3/c1-13(2)12-24-18(25)15-9-6-5-8-14(15)17(21-24)20(27)23-11-7-10-16(23)19(26)22(3)4/h5-6,8-9,13,16H,7,10-12H2,1-4H3. The Hall–Kier alpha value is -2.70. The van der Waals surface area contributed by atoms with Gasteiger partial charge in [0.2, 0.25) is 5.91 Å². The molecular formula is C20H26N4O3. The Labute approximate surface area is 158 Å². The van der Waals surface area contributed by atoms with Crippen LogP contribution in [-0.2, 0) is 11.3 Å². The molecule has 7 heteroatoms. The fourth-order valence-electron chi connectivity index (χ4n) is 3.56. The van der Waals surface area contributed by atoms with Crippen molar-refractivity contribution in [2.24, 2.45) is 5.92 Å². The number of likely N-dealkylation sites (N-methyl/N-ethyl adjacent to an activating group) is 1. The zero-order valence-electron chi connectivity index (χ0n) is 16.3. The quantitative estimate of drug-likeness (QED) is 0.822. The second-order valence-electron chi connectivity index (χ2n) is 7.66. The maximum Gasteiger partial charge on any atom is 0.275 e. The Morgan fingerprint density at radius 1 is 1.22 bits per heavy atom. The molecule has 0 spiro atoms. The first-order valence-corrected chi connectivity index (χ1v) is 9.33. The Morgan fingerprint density at radius 3 is 2.52 bits per heavy atom. The van der Waals surface area contributed by atoms with E-state index in [1.54, 1.807) is 43.3 Å². The molecule has 7 nitrogen and oxygen atoms in total. The van der Waals surface area contributed by atoms with Gasteiger partial charge in [0.25, 0.3) is 11.5 Å². The molecule has 1 saturated heterocycles. The molecule has 0 aliphatic carbocycles. The highest BCUT2D eigenvalue weighted by molar-refractivity contribution is 6.06. The number of likely N-dealkylation sites (tertiary alicyclic amines) is 1. The highest BCUT2D eigenvalue weighted by Crippen LogP contribution is 2.23. The summed E-state index contributed by atoms with van der Waals surface area (Å²) in [5.74, 6) is -0.156. The van der Waals surface area contributed by atoms with Crippen LogP contribution in [0.2, 0.25) is 0 Å². The van der Waals surface area contributed by atoms with Gasteiger partial charge in [-0.25, -0.2) is 4.68 Å². The van der Waals surface area contributed by atoms with Crippen LogP contribution >= 0.6 is 0 Å². The van der Waals surface area contributed by atoms with E-state index in [0.717, 1.165) is 6.42 Å². The zero-order chi connectivity index (χ0) is 19.7. The van der Waals surface area contributed by atoms with Gasteiger partial charge in [0.05, 0.1) is 5.39 Å². The van der Waals surface area contributed by atoms with Crippen LogP contribution in [0, 0.1) is 5.92 Å². The molecule has 0 radical (unpaired) electrons. The van der Waals surface area contributed by atoms with E-state index in [-0.39, 0.29) is 29.0 Å². The molecule has 2 heterocycles. The van der Waals surface area contributed by atoms with Gasteiger partial charge < -0.3 is 9.80 Å². The summed E-state index contributed by atoms with van der Waals surface area (Å²) >= 11 is 0. The number of carbonyl (C=O) groups excluding carboxylic acids is 2. The molecule has 1 aromatic carbocycles. The number of aromatic nitrogens is 2. The normalized spacial score (nSPS) is 16.9. The van der Waals surface area contributed by atoms with Crippen molar-refractivity contribution >= 4 is 22.6 Å². The third-order valence-electron chi connectivity index (χ3n) is 4.85. The minimum atomic E-state index is -0.474. The summed E-state index contributed by atoms with van der Waals surface area (Å²) in [6.07, 6.45) is 1.42. The lowest BCUT2D eigenvalue weighted by Gasteiger charge is -2.26. The Balaban J connectivity index is 2.10. The van der Waals surface area contributed by atoms with Gasteiger partial charge >= 0.3 is 0 Å². The predicted octanol–water partition coefficient (Wildman–Crippen LogP) is 1.75. The number of rotatable bonds is 4. The average Bonchev–Trinajstić information content (AvgIpc) is 3.12. The molecule has 3 rings (SSSR count). The molecule has 1 unspecified atom stereocenters. The first-order valence-electron chi connectivity index (χ1n) is 9.33. The Kier molecular flexibility index (Phi) is 5.30. The molecule has 1 fully saturated rings. The van der Waals surface area contributed by atoms with Crippen LogP contribution < -0.4 is 5.56 Å². The van der Waals surface area contributed by atoms with Crippen molar-refractivity contribution in [1.82, 2.24) is 19.6 Å². The van der Waals surface area contributed by atoms with E-state index in [9.17, 15) is 14.4 Å². The van der Waals surface area contributed by atoms with E-state index in [1.165, 1.54) is 9.58 Å². The second kappa shape index (κ2) is 7.50. The molecule has 0 N–H and O–H groups in total. The van der Waals surface area contributed by atoms with Crippen molar-refractivity contribution in [3.8, 4) is 0 Å². The monoisotopic (exact) mass is 370 g/mol. The van der Waals surface area contributed by atoms with Crippen molar-refractivity contribution in [2.75, 3.05) is 20.6 Å². The molecule has 27 heavy (non-hydrogen) atoms. The van der Waals surface area contributed by atoms with E-state index < -0.39 is 6.04 Å². The fraction of sp³-hybridized carbons (Fsp3) is 0.500. The molecule has 144 valence electrons. The van der Waals surface area contributed by atoms with E-state index in [4.69, 9.17) is 0 Å². The topological polar surface area (TPSA) is 75.5 Å². The van der Waals surface area contributed by atoms with E-state index in [1.807, 2.05) is 13.8 Å². The van der Waals surface area contributed by atoms with Crippen LogP contribution in [0.25, 0.3) is 10.8 Å². The van der Waals surface area contributed by atoms with E-state index in [2.05, 4.69) is 5.10 Å². The summed E-state index contributed by atoms with van der Waals surface area (Å²) in [6, 6.07) is 6.57. The van der Waals surface area contributed by atoms with Crippen LogP contribution in [0.3, 0.4) is 0 Å². The first kappa shape index (κ1) is 19.1. The zero-order valence-corrected chi connectivity index (χ0v) is 16.3. The fourth-order valence-corrected chi connectivity index (χ4v) is 3.56. The molecule has 1 aliphatic heterocycles. The van der Waals surface area contributed by atoms with Gasteiger partial charge in [-0.1, -0.05) is 32.0 Å². The summed E-state index contributed by atoms with van der Waals surface area (Å²) in [6.45, 7) is 4.94. The van der Waals surface area contributed by atoms with Gasteiger partial charge in [-0.15, -0.1) is 0 Å². The van der Waals surface area contributed by atoms with Crippen molar-refractivity contribution in [1.29, 1.82) is 0 Å². The molecule has 0 saturated carbocycles. The summed E-state index contributed by atoms with van der Waals surface area (Å²) in [5.41, 5.74) is 0.0440. The van der Waals surface area contributed by atoms with Gasteiger partial charge in [0, 0.05) is 32.6 Å². The SMILES string of the molecule is CC(C)Cn1nc(C(=O)N2CCCC2C(=O)N(C)C)c2ccccc2c1=O. The van der Waals surface area contributed by atoms with Crippen LogP contribution in [0.5, 0.6) is 0 Å². The molecule has 2 aromatic rings. The maximum absolute atomic E-state index is 13.3. The van der Waals surface area contributed by atoms with Crippen LogP contribution in [-0.4, -0.2) is 58.1 Å². The van der Waals surface area contributed by atoms with Crippen LogP contribution in [0.4, 0.5) is 0 Å². The number of fused-ring (bicyclic) bond motifs is 1. The van der Waals surface area contributed by atoms with Crippen molar-refractivity contribution in [3.63, 3.8) is 0 Å². The summed E-state index contributed by atoms with van der Waals surface area (Å²) < 4.78 is 1.37. The molecule has 1 aromatic heterocycles. The van der Waals surface area contributed by atoms with E-state index >= 15 is 0 Å². The smallest absolute Gasteiger partial charge is 0.275 e. The van der Waals surface area contributed by atoms with Crippen molar-refractivity contribution < 1.29 is 9.59 Å². The Morgan fingerprint density at radius 2 is 1.89 bits per heavy atom. The van der Waals surface area contributed by atoms with Crippen molar-refractivity contribution in [2.45, 2.75) is 39.3 Å². The third kappa shape index (κ3) is 3.59. The van der Waals surface area contributed by atoms with Gasteiger partial charge in [-0.05, 0) is 24.8 Å². The van der Waals surface area contributed by atoms with Crippen molar-refractivity contribution in [3.05, 3.63) is 40.3 Å². The first-order chi connectivity index (χ1) is 12.8. The van der Waals surface area contributed by atoms with Crippen LogP contribution in [0.15, 0.2) is 29.1 Å². The van der Waals surface area contributed by atoms with E-state index in [0.29, 0.717) is 30.3 Å². The Bertz CT molecular complexity index is 932. The molecule has 1 aliphatic rings. The van der Waals surface area contributed by atoms with Gasteiger partial charge in [0.15, 0.2) is 5.69 Å². The van der Waals surface area contributed by atoms with Gasteiger partial charge in [-0.2, -0.15) is 5.10 Å². The summed E-state index contributed by atoms with van der Waals surface area (Å²) in [5, 5.41) is 5.43.